The van der Waals surface area contributed by atoms with E-state index in [1.54, 1.807) is 0 Å². The van der Waals surface area contributed by atoms with Crippen molar-refractivity contribution in [2.75, 3.05) is 19.8 Å². The Bertz CT molecular complexity index is 584. The molecule has 0 radical (unpaired) electrons. The Morgan fingerprint density at radius 3 is 2.29 bits per heavy atom. The third-order valence-electron chi connectivity index (χ3n) is 5.28. The maximum Gasteiger partial charge on any atom is 0.228 e. The molecule has 1 saturated heterocycles. The van der Waals surface area contributed by atoms with E-state index >= 15 is 0 Å². The van der Waals surface area contributed by atoms with Crippen molar-refractivity contribution in [2.24, 2.45) is 0 Å². The fraction of sp³-hybridized carbons (Fsp3) is 0.727. The van der Waals surface area contributed by atoms with E-state index in [4.69, 9.17) is 23.7 Å². The van der Waals surface area contributed by atoms with Crippen LogP contribution in [0.1, 0.15) is 50.7 Å². The van der Waals surface area contributed by atoms with Crippen LogP contribution in [0.15, 0.2) is 24.3 Å². The summed E-state index contributed by atoms with van der Waals surface area (Å²) in [4.78, 5) is 0. The second-order valence-electron chi connectivity index (χ2n) is 7.46. The maximum absolute atomic E-state index is 14.9. The van der Waals surface area contributed by atoms with Crippen molar-refractivity contribution in [3.8, 4) is 0 Å². The summed E-state index contributed by atoms with van der Waals surface area (Å²) in [5.41, 5.74) is 2.12. The smallest absolute Gasteiger partial charge is 0.228 e. The molecule has 0 aromatic heterocycles. The van der Waals surface area contributed by atoms with Crippen LogP contribution in [0, 0.1) is 0 Å². The van der Waals surface area contributed by atoms with Gasteiger partial charge in [-0.2, -0.15) is 0 Å². The normalized spacial score (nSPS) is 30.6. The molecule has 0 saturated carbocycles. The van der Waals surface area contributed by atoms with Gasteiger partial charge in [0.15, 0.2) is 0 Å². The minimum Gasteiger partial charge on any atom is -0.374 e. The number of fused-ring (bicyclic) bond motifs is 3. The predicted octanol–water partition coefficient (Wildman–Crippen LogP) is 4.17. The number of hydrogen-bond donors (Lipinski definition) is 0. The van der Waals surface area contributed by atoms with Crippen LogP contribution in [0.2, 0.25) is 0 Å². The lowest BCUT2D eigenvalue weighted by molar-refractivity contribution is -0.296. The molecule has 0 aliphatic carbocycles. The zero-order valence-corrected chi connectivity index (χ0v) is 17.0. The zero-order chi connectivity index (χ0) is 19.8. The highest BCUT2D eigenvalue weighted by atomic mass is 19.1. The third-order valence-corrected chi connectivity index (χ3v) is 5.28. The summed E-state index contributed by atoms with van der Waals surface area (Å²) in [6.07, 6.45) is -0.0447. The van der Waals surface area contributed by atoms with Crippen molar-refractivity contribution in [3.63, 3.8) is 0 Å². The Hall–Kier alpha value is -1.05. The second kappa shape index (κ2) is 11.2. The van der Waals surface area contributed by atoms with Crippen LogP contribution in [0.25, 0.3) is 0 Å². The summed E-state index contributed by atoms with van der Waals surface area (Å²) in [7, 11) is 0. The van der Waals surface area contributed by atoms with Gasteiger partial charge in [-0.05, 0) is 24.0 Å². The first-order valence-electron chi connectivity index (χ1n) is 10.5. The molecule has 28 heavy (non-hydrogen) atoms. The molecule has 5 nitrogen and oxygen atoms in total. The van der Waals surface area contributed by atoms with Crippen LogP contribution in [0.4, 0.5) is 4.39 Å². The Balaban J connectivity index is 1.81. The first-order chi connectivity index (χ1) is 13.7. The fourth-order valence-electron chi connectivity index (χ4n) is 3.60. The van der Waals surface area contributed by atoms with Gasteiger partial charge in [0.05, 0.1) is 19.8 Å². The number of benzene rings is 1. The summed E-state index contributed by atoms with van der Waals surface area (Å²) in [6, 6.07) is 8.00. The highest BCUT2D eigenvalue weighted by Gasteiger charge is 2.48. The van der Waals surface area contributed by atoms with Gasteiger partial charge in [0.2, 0.25) is 6.36 Å². The lowest BCUT2D eigenvalue weighted by atomic mass is 9.98. The second-order valence-corrected chi connectivity index (χ2v) is 7.46. The molecular formula is C22H33FO5. The van der Waals surface area contributed by atoms with Crippen LogP contribution >= 0.6 is 0 Å². The molecule has 6 heteroatoms. The molecule has 1 aromatic carbocycles. The number of unbranched alkanes of at least 4 members (excludes halogenated alkanes) is 2. The molecule has 3 rings (SSSR count). The predicted molar refractivity (Wildman–Crippen MR) is 104 cm³/mol. The van der Waals surface area contributed by atoms with Crippen LogP contribution in [-0.2, 0) is 36.9 Å². The van der Waals surface area contributed by atoms with E-state index in [2.05, 4.69) is 13.8 Å². The quantitative estimate of drug-likeness (QED) is 0.617. The van der Waals surface area contributed by atoms with Gasteiger partial charge in [0.1, 0.15) is 24.4 Å². The SMILES string of the molecule is CCCCOC1C2OCc3ccccc3COCC(O[C@H]1F)[C@H]2OCCCC. The summed E-state index contributed by atoms with van der Waals surface area (Å²) in [6.45, 7) is 6.31. The van der Waals surface area contributed by atoms with Gasteiger partial charge in [-0.25, -0.2) is 4.39 Å². The number of hydrogen-bond acceptors (Lipinski definition) is 5. The van der Waals surface area contributed by atoms with Crippen molar-refractivity contribution in [3.05, 3.63) is 35.4 Å². The number of halogens is 1. The summed E-state index contributed by atoms with van der Waals surface area (Å²) >= 11 is 0. The number of rotatable bonds is 8. The van der Waals surface area contributed by atoms with E-state index in [1.165, 1.54) is 0 Å². The van der Waals surface area contributed by atoms with E-state index in [0.29, 0.717) is 26.4 Å². The molecule has 3 unspecified atom stereocenters. The van der Waals surface area contributed by atoms with Crippen molar-refractivity contribution < 1.29 is 28.1 Å². The van der Waals surface area contributed by atoms with Gasteiger partial charge in [-0.1, -0.05) is 51.0 Å². The monoisotopic (exact) mass is 396 g/mol. The number of alkyl halides is 1. The molecule has 0 amide bonds. The Labute approximate surface area is 167 Å². The van der Waals surface area contributed by atoms with E-state index in [0.717, 1.165) is 36.8 Å². The Kier molecular flexibility index (Phi) is 8.67. The van der Waals surface area contributed by atoms with Gasteiger partial charge < -0.3 is 23.7 Å². The third kappa shape index (κ3) is 5.51. The molecule has 2 bridgehead atoms. The van der Waals surface area contributed by atoms with Gasteiger partial charge in [-0.3, -0.25) is 0 Å². The fourth-order valence-corrected chi connectivity index (χ4v) is 3.60. The minimum absolute atomic E-state index is 0.257. The Morgan fingerprint density at radius 2 is 1.61 bits per heavy atom. The first kappa shape index (κ1) is 21.7. The van der Waals surface area contributed by atoms with Gasteiger partial charge in [0, 0.05) is 13.2 Å². The first-order valence-corrected chi connectivity index (χ1v) is 10.5. The van der Waals surface area contributed by atoms with Gasteiger partial charge in [0.25, 0.3) is 0 Å². The molecule has 2 aliphatic heterocycles. The lowest BCUT2D eigenvalue weighted by Crippen LogP contribution is -2.60. The van der Waals surface area contributed by atoms with E-state index in [-0.39, 0.29) is 6.61 Å². The summed E-state index contributed by atoms with van der Waals surface area (Å²) in [5, 5.41) is 0. The molecular weight excluding hydrogens is 363 g/mol. The largest absolute Gasteiger partial charge is 0.374 e. The van der Waals surface area contributed by atoms with Crippen LogP contribution in [-0.4, -0.2) is 50.6 Å². The molecule has 1 fully saturated rings. The minimum atomic E-state index is -1.56. The molecule has 0 N–H and O–H groups in total. The average Bonchev–Trinajstić information content (AvgIpc) is 2.70. The molecule has 5 atom stereocenters. The lowest BCUT2D eigenvalue weighted by Gasteiger charge is -2.44. The van der Waals surface area contributed by atoms with Crippen molar-refractivity contribution in [1.82, 2.24) is 0 Å². The zero-order valence-electron chi connectivity index (χ0n) is 17.0. The highest BCUT2D eigenvalue weighted by Crippen LogP contribution is 2.31. The standard InChI is InChI=1S/C22H33FO5/c1-3-5-11-25-19-18-15-24-13-16-9-7-8-10-17(16)14-27-20(19)21(22(23)28-18)26-12-6-4-2/h7-10,18-22H,3-6,11-15H2,1-2H3/t18?,19-,20?,21?,22-/m1/s1. The van der Waals surface area contributed by atoms with Crippen molar-refractivity contribution >= 4 is 0 Å². The summed E-state index contributed by atoms with van der Waals surface area (Å²) in [5.74, 6) is 0. The maximum atomic E-state index is 14.9. The van der Waals surface area contributed by atoms with Gasteiger partial charge in [-0.15, -0.1) is 0 Å². The van der Waals surface area contributed by atoms with Gasteiger partial charge >= 0.3 is 0 Å². The van der Waals surface area contributed by atoms with E-state index in [9.17, 15) is 4.39 Å². The summed E-state index contributed by atoms with van der Waals surface area (Å²) < 4.78 is 44.6. The Morgan fingerprint density at radius 1 is 0.964 bits per heavy atom. The molecule has 0 spiro atoms. The molecule has 158 valence electrons. The van der Waals surface area contributed by atoms with Crippen LogP contribution < -0.4 is 0 Å². The molecule has 2 heterocycles. The van der Waals surface area contributed by atoms with Crippen molar-refractivity contribution in [2.45, 2.75) is 83.5 Å². The van der Waals surface area contributed by atoms with E-state index < -0.39 is 30.8 Å². The van der Waals surface area contributed by atoms with Crippen LogP contribution in [0.3, 0.4) is 0 Å². The highest BCUT2D eigenvalue weighted by molar-refractivity contribution is 5.26. The molecule has 2 aliphatic rings. The average molecular weight is 396 g/mol. The van der Waals surface area contributed by atoms with Crippen molar-refractivity contribution in [1.29, 1.82) is 0 Å². The topological polar surface area (TPSA) is 46.2 Å². The van der Waals surface area contributed by atoms with E-state index in [1.807, 2.05) is 24.3 Å². The molecule has 1 aromatic rings. The number of ether oxygens (including phenoxy) is 5. The van der Waals surface area contributed by atoms with Crippen LogP contribution in [0.5, 0.6) is 0 Å².